The number of benzene rings is 2. The highest BCUT2D eigenvalue weighted by Gasteiger charge is 2.27. The van der Waals surface area contributed by atoms with Crippen LogP contribution in [-0.2, 0) is 14.3 Å². The van der Waals surface area contributed by atoms with E-state index >= 15 is 0 Å². The van der Waals surface area contributed by atoms with Crippen LogP contribution in [0.2, 0.25) is 0 Å². The van der Waals surface area contributed by atoms with E-state index in [4.69, 9.17) is 14.2 Å². The van der Waals surface area contributed by atoms with Crippen molar-refractivity contribution in [3.63, 3.8) is 0 Å². The van der Waals surface area contributed by atoms with Gasteiger partial charge in [-0.25, -0.2) is 9.79 Å². The molecular formula is C22H20F2N2O6. The number of hydrogen-bond acceptors (Lipinski definition) is 7. The topological polar surface area (TPSA) is 95.5 Å². The van der Waals surface area contributed by atoms with Crippen molar-refractivity contribution in [1.82, 2.24) is 5.32 Å². The molecule has 0 unspecified atom stereocenters. The molecule has 1 N–H and O–H groups in total. The van der Waals surface area contributed by atoms with Crippen molar-refractivity contribution in [2.45, 2.75) is 13.5 Å². The first kappa shape index (κ1) is 22.7. The SMILES string of the molecule is CCNC(=O)COc1ccc(/C=C2/N=C(c3ccccc3OC(F)F)OC2=O)cc1OC. The average molecular weight is 446 g/mol. The summed E-state index contributed by atoms with van der Waals surface area (Å²) in [5, 5.41) is 2.62. The van der Waals surface area contributed by atoms with E-state index < -0.39 is 12.6 Å². The van der Waals surface area contributed by atoms with Gasteiger partial charge in [-0.2, -0.15) is 8.78 Å². The first-order valence-electron chi connectivity index (χ1n) is 9.55. The maximum atomic E-state index is 12.6. The fourth-order valence-corrected chi connectivity index (χ4v) is 2.81. The average Bonchev–Trinajstić information content (AvgIpc) is 3.12. The van der Waals surface area contributed by atoms with Crippen LogP contribution in [0, 0.1) is 0 Å². The lowest BCUT2D eigenvalue weighted by molar-refractivity contribution is -0.130. The zero-order valence-electron chi connectivity index (χ0n) is 17.3. The number of ether oxygens (including phenoxy) is 4. The van der Waals surface area contributed by atoms with E-state index in [1.54, 1.807) is 31.2 Å². The van der Waals surface area contributed by atoms with Crippen molar-refractivity contribution < 1.29 is 37.3 Å². The Labute approximate surface area is 182 Å². The maximum absolute atomic E-state index is 12.6. The van der Waals surface area contributed by atoms with Crippen LogP contribution >= 0.6 is 0 Å². The molecule has 0 saturated carbocycles. The van der Waals surface area contributed by atoms with Gasteiger partial charge in [-0.1, -0.05) is 18.2 Å². The number of carbonyl (C=O) groups is 2. The fourth-order valence-electron chi connectivity index (χ4n) is 2.81. The molecular weight excluding hydrogens is 426 g/mol. The van der Waals surface area contributed by atoms with Gasteiger partial charge in [-0.05, 0) is 42.8 Å². The lowest BCUT2D eigenvalue weighted by Gasteiger charge is -2.11. The lowest BCUT2D eigenvalue weighted by Crippen LogP contribution is -2.28. The van der Waals surface area contributed by atoms with E-state index in [1.165, 1.54) is 31.4 Å². The summed E-state index contributed by atoms with van der Waals surface area (Å²) in [6.07, 6.45) is 1.45. The second-order valence-corrected chi connectivity index (χ2v) is 6.36. The van der Waals surface area contributed by atoms with Crippen molar-refractivity contribution in [3.8, 4) is 17.2 Å². The summed E-state index contributed by atoms with van der Waals surface area (Å²) in [6.45, 7) is -0.925. The molecule has 2 aromatic carbocycles. The summed E-state index contributed by atoms with van der Waals surface area (Å²) >= 11 is 0. The van der Waals surface area contributed by atoms with Gasteiger partial charge in [0.05, 0.1) is 12.7 Å². The van der Waals surface area contributed by atoms with E-state index in [9.17, 15) is 18.4 Å². The molecule has 0 aliphatic carbocycles. The van der Waals surface area contributed by atoms with Crippen molar-refractivity contribution in [2.75, 3.05) is 20.3 Å². The van der Waals surface area contributed by atoms with Crippen LogP contribution in [0.5, 0.6) is 17.2 Å². The Morgan fingerprint density at radius 3 is 2.69 bits per heavy atom. The quantitative estimate of drug-likeness (QED) is 0.470. The van der Waals surface area contributed by atoms with Gasteiger partial charge in [-0.15, -0.1) is 0 Å². The Kier molecular flexibility index (Phi) is 7.37. The molecule has 168 valence electrons. The molecule has 1 heterocycles. The van der Waals surface area contributed by atoms with E-state index in [0.717, 1.165) is 0 Å². The molecule has 0 radical (unpaired) electrons. The number of nitrogens with one attached hydrogen (secondary N) is 1. The molecule has 10 heteroatoms. The summed E-state index contributed by atoms with van der Waals surface area (Å²) in [6, 6.07) is 10.7. The van der Waals surface area contributed by atoms with Crippen LogP contribution in [-0.4, -0.2) is 44.6 Å². The zero-order chi connectivity index (χ0) is 23.1. The highest BCUT2D eigenvalue weighted by Crippen LogP contribution is 2.30. The van der Waals surface area contributed by atoms with Crippen LogP contribution in [0.25, 0.3) is 6.08 Å². The maximum Gasteiger partial charge on any atom is 0.387 e. The number of aliphatic imine (C=N–C) groups is 1. The molecule has 0 fully saturated rings. The Morgan fingerprint density at radius 1 is 1.19 bits per heavy atom. The minimum absolute atomic E-state index is 0.0371. The van der Waals surface area contributed by atoms with Crippen molar-refractivity contribution in [2.24, 2.45) is 4.99 Å². The highest BCUT2D eigenvalue weighted by molar-refractivity contribution is 6.13. The van der Waals surface area contributed by atoms with Gasteiger partial charge >= 0.3 is 12.6 Å². The zero-order valence-corrected chi connectivity index (χ0v) is 17.3. The molecule has 1 aliphatic heterocycles. The number of halogens is 2. The monoisotopic (exact) mass is 446 g/mol. The number of carbonyl (C=O) groups excluding carboxylic acids is 2. The van der Waals surface area contributed by atoms with Crippen LogP contribution in [0.4, 0.5) is 8.78 Å². The van der Waals surface area contributed by atoms with Gasteiger partial charge in [0, 0.05) is 6.54 Å². The van der Waals surface area contributed by atoms with Gasteiger partial charge in [0.25, 0.3) is 5.91 Å². The number of likely N-dealkylation sites (N-methyl/N-ethyl adjacent to an activating group) is 1. The Hall–Kier alpha value is -3.95. The molecule has 2 aromatic rings. The summed E-state index contributed by atoms with van der Waals surface area (Å²) in [5.41, 5.74) is 0.627. The number of amides is 1. The summed E-state index contributed by atoms with van der Waals surface area (Å²) < 4.78 is 45.6. The van der Waals surface area contributed by atoms with Crippen LogP contribution in [0.15, 0.2) is 53.2 Å². The molecule has 0 bridgehead atoms. The smallest absolute Gasteiger partial charge is 0.387 e. The van der Waals surface area contributed by atoms with Crippen LogP contribution < -0.4 is 19.5 Å². The number of cyclic esters (lactones) is 1. The second kappa shape index (κ2) is 10.4. The molecule has 1 aliphatic rings. The standard InChI is InChI=1S/C22H20F2N2O6/c1-3-25-19(27)12-30-17-9-8-13(11-18(17)29-2)10-15-21(28)32-20(26-15)14-6-4-5-7-16(14)31-22(23)24/h4-11,22H,3,12H2,1-2H3,(H,25,27)/b15-10+. The van der Waals surface area contributed by atoms with E-state index in [-0.39, 0.29) is 35.4 Å². The summed E-state index contributed by atoms with van der Waals surface area (Å²) in [4.78, 5) is 28.0. The Morgan fingerprint density at radius 2 is 1.97 bits per heavy atom. The molecule has 0 spiro atoms. The number of hydrogen-bond donors (Lipinski definition) is 1. The van der Waals surface area contributed by atoms with E-state index in [2.05, 4.69) is 15.0 Å². The molecule has 1 amide bonds. The van der Waals surface area contributed by atoms with Gasteiger partial charge in [0.15, 0.2) is 23.8 Å². The minimum Gasteiger partial charge on any atom is -0.493 e. The second-order valence-electron chi connectivity index (χ2n) is 6.36. The largest absolute Gasteiger partial charge is 0.493 e. The number of para-hydroxylation sites is 1. The fraction of sp³-hybridized carbons (Fsp3) is 0.227. The lowest BCUT2D eigenvalue weighted by atomic mass is 10.1. The third-order valence-corrected chi connectivity index (χ3v) is 4.18. The van der Waals surface area contributed by atoms with Crippen molar-refractivity contribution in [1.29, 1.82) is 0 Å². The summed E-state index contributed by atoms with van der Waals surface area (Å²) in [7, 11) is 1.44. The first-order valence-corrected chi connectivity index (χ1v) is 9.55. The van der Waals surface area contributed by atoms with Gasteiger partial charge < -0.3 is 24.3 Å². The molecule has 3 rings (SSSR count). The van der Waals surface area contributed by atoms with Gasteiger partial charge in [-0.3, -0.25) is 4.79 Å². The third-order valence-electron chi connectivity index (χ3n) is 4.18. The highest BCUT2D eigenvalue weighted by atomic mass is 19.3. The molecule has 0 aromatic heterocycles. The predicted octanol–water partition coefficient (Wildman–Crippen LogP) is 3.16. The Bertz CT molecular complexity index is 1070. The number of esters is 1. The molecule has 32 heavy (non-hydrogen) atoms. The third kappa shape index (κ3) is 5.60. The van der Waals surface area contributed by atoms with E-state index in [0.29, 0.717) is 23.6 Å². The molecule has 0 atom stereocenters. The Balaban J connectivity index is 1.83. The number of alkyl halides is 2. The molecule has 0 saturated heterocycles. The van der Waals surface area contributed by atoms with Crippen LogP contribution in [0.3, 0.4) is 0 Å². The summed E-state index contributed by atoms with van der Waals surface area (Å²) in [5.74, 6) is -0.640. The normalized spacial score (nSPS) is 14.2. The first-order chi connectivity index (χ1) is 15.4. The number of rotatable bonds is 9. The predicted molar refractivity (Wildman–Crippen MR) is 111 cm³/mol. The van der Waals surface area contributed by atoms with Gasteiger partial charge in [0.2, 0.25) is 5.90 Å². The minimum atomic E-state index is -3.04. The number of nitrogens with zero attached hydrogens (tertiary/aromatic N) is 1. The van der Waals surface area contributed by atoms with Crippen molar-refractivity contribution in [3.05, 3.63) is 59.3 Å². The van der Waals surface area contributed by atoms with Crippen LogP contribution in [0.1, 0.15) is 18.1 Å². The van der Waals surface area contributed by atoms with Crippen molar-refractivity contribution >= 4 is 23.9 Å². The number of methoxy groups -OCH3 is 1. The van der Waals surface area contributed by atoms with E-state index in [1.807, 2.05) is 0 Å². The molecule has 8 nitrogen and oxygen atoms in total. The van der Waals surface area contributed by atoms with Gasteiger partial charge in [0.1, 0.15) is 5.75 Å².